The van der Waals surface area contributed by atoms with Crippen LogP contribution >= 0.6 is 11.3 Å². The molecule has 2 heterocycles. The first-order chi connectivity index (χ1) is 7.75. The molecule has 2 rings (SSSR count). The largest absolute Gasteiger partial charge is 0.398 e. The predicted molar refractivity (Wildman–Crippen MR) is 67.7 cm³/mol. The molecule has 0 bridgehead atoms. The number of aromatic nitrogens is 2. The molecule has 3 N–H and O–H groups in total. The highest BCUT2D eigenvalue weighted by Crippen LogP contribution is 2.13. The molecule has 0 unspecified atom stereocenters. The third kappa shape index (κ3) is 2.70. The average molecular weight is 234 g/mol. The minimum absolute atomic E-state index is 0.770. The molecule has 0 amide bonds. The normalized spacial score (nSPS) is 10.3. The zero-order valence-electron chi connectivity index (χ0n) is 9.10. The molecule has 5 heteroatoms. The maximum Gasteiger partial charge on any atom is 0.127 e. The summed E-state index contributed by atoms with van der Waals surface area (Å²) in [7, 11) is 0. The van der Waals surface area contributed by atoms with Gasteiger partial charge in [0.25, 0.3) is 0 Å². The van der Waals surface area contributed by atoms with Gasteiger partial charge in [-0.25, -0.2) is 9.97 Å². The van der Waals surface area contributed by atoms with Crippen molar-refractivity contribution in [3.63, 3.8) is 0 Å². The average Bonchev–Trinajstić information content (AvgIpc) is 2.76. The summed E-state index contributed by atoms with van der Waals surface area (Å²) in [6, 6.07) is 1.86. The van der Waals surface area contributed by atoms with Crippen molar-refractivity contribution in [1.82, 2.24) is 9.97 Å². The fraction of sp³-hybridized carbons (Fsp3) is 0.273. The van der Waals surface area contributed by atoms with Crippen molar-refractivity contribution in [3.8, 4) is 0 Å². The molecule has 0 radical (unpaired) electrons. The van der Waals surface area contributed by atoms with E-state index in [9.17, 15) is 0 Å². The lowest BCUT2D eigenvalue weighted by Crippen LogP contribution is -2.07. The highest BCUT2D eigenvalue weighted by Gasteiger charge is 1.99. The van der Waals surface area contributed by atoms with Crippen molar-refractivity contribution in [3.05, 3.63) is 34.4 Å². The second-order valence-electron chi connectivity index (χ2n) is 3.58. The molecule has 0 atom stereocenters. The van der Waals surface area contributed by atoms with E-state index in [4.69, 9.17) is 5.73 Å². The SMILES string of the molecule is Cc1cnc(NCCc2cscn2)cc1N. The Bertz CT molecular complexity index is 453. The Labute approximate surface area is 98.6 Å². The number of anilines is 2. The summed E-state index contributed by atoms with van der Waals surface area (Å²) in [4.78, 5) is 8.46. The quantitative estimate of drug-likeness (QED) is 0.850. The van der Waals surface area contributed by atoms with Crippen LogP contribution < -0.4 is 11.1 Å². The minimum atomic E-state index is 0.770. The van der Waals surface area contributed by atoms with Crippen molar-refractivity contribution >= 4 is 22.8 Å². The van der Waals surface area contributed by atoms with Crippen LogP contribution in [0.3, 0.4) is 0 Å². The Morgan fingerprint density at radius 2 is 2.31 bits per heavy atom. The van der Waals surface area contributed by atoms with Gasteiger partial charge in [0, 0.05) is 36.3 Å². The Morgan fingerprint density at radius 3 is 3.00 bits per heavy atom. The van der Waals surface area contributed by atoms with Gasteiger partial charge in [-0.3, -0.25) is 0 Å². The summed E-state index contributed by atoms with van der Waals surface area (Å²) >= 11 is 1.62. The zero-order chi connectivity index (χ0) is 11.4. The Morgan fingerprint density at radius 1 is 1.44 bits per heavy atom. The van der Waals surface area contributed by atoms with Crippen LogP contribution in [0.1, 0.15) is 11.3 Å². The molecular weight excluding hydrogens is 220 g/mol. The molecule has 0 aliphatic heterocycles. The lowest BCUT2D eigenvalue weighted by atomic mass is 10.2. The fourth-order valence-corrected chi connectivity index (χ4v) is 1.91. The van der Waals surface area contributed by atoms with E-state index in [0.717, 1.165) is 35.7 Å². The van der Waals surface area contributed by atoms with Crippen LogP contribution in [0.4, 0.5) is 11.5 Å². The second kappa shape index (κ2) is 4.94. The van der Waals surface area contributed by atoms with E-state index in [-0.39, 0.29) is 0 Å². The smallest absolute Gasteiger partial charge is 0.127 e. The van der Waals surface area contributed by atoms with Gasteiger partial charge in [-0.05, 0) is 12.5 Å². The molecule has 0 aliphatic carbocycles. The van der Waals surface area contributed by atoms with Gasteiger partial charge in [-0.2, -0.15) is 0 Å². The van der Waals surface area contributed by atoms with Gasteiger partial charge in [0.1, 0.15) is 5.82 Å². The molecule has 16 heavy (non-hydrogen) atoms. The van der Waals surface area contributed by atoms with Gasteiger partial charge < -0.3 is 11.1 Å². The van der Waals surface area contributed by atoms with Gasteiger partial charge in [-0.15, -0.1) is 11.3 Å². The highest BCUT2D eigenvalue weighted by atomic mass is 32.1. The molecule has 2 aromatic heterocycles. The Hall–Kier alpha value is -1.62. The predicted octanol–water partition coefficient (Wildman–Crippen LogP) is 2.08. The lowest BCUT2D eigenvalue weighted by Gasteiger charge is -2.06. The fourth-order valence-electron chi connectivity index (χ4n) is 1.32. The molecular formula is C11H14N4S. The number of nitrogens with one attached hydrogen (secondary N) is 1. The van der Waals surface area contributed by atoms with E-state index in [1.165, 1.54) is 0 Å². The van der Waals surface area contributed by atoms with Gasteiger partial charge in [0.2, 0.25) is 0 Å². The molecule has 4 nitrogen and oxygen atoms in total. The van der Waals surface area contributed by atoms with Crippen LogP contribution in [-0.4, -0.2) is 16.5 Å². The summed E-state index contributed by atoms with van der Waals surface area (Å²) in [6.45, 7) is 2.76. The third-order valence-corrected chi connectivity index (χ3v) is 2.95. The van der Waals surface area contributed by atoms with Crippen molar-refractivity contribution in [2.24, 2.45) is 0 Å². The maximum atomic E-state index is 5.80. The molecule has 0 aromatic carbocycles. The first kappa shape index (κ1) is 10.9. The number of nitrogens with two attached hydrogens (primary N) is 1. The van der Waals surface area contributed by atoms with Crippen LogP contribution in [-0.2, 0) is 6.42 Å². The van der Waals surface area contributed by atoms with Crippen LogP contribution in [0.25, 0.3) is 0 Å². The number of aryl methyl sites for hydroxylation is 1. The van der Waals surface area contributed by atoms with E-state index in [0.29, 0.717) is 0 Å². The summed E-state index contributed by atoms with van der Waals surface area (Å²) in [5.74, 6) is 0.818. The van der Waals surface area contributed by atoms with Crippen LogP contribution in [0, 0.1) is 6.92 Å². The van der Waals surface area contributed by atoms with E-state index in [2.05, 4.69) is 20.7 Å². The Balaban J connectivity index is 1.87. The molecule has 0 saturated heterocycles. The minimum Gasteiger partial charge on any atom is -0.398 e. The number of hydrogen-bond donors (Lipinski definition) is 2. The maximum absolute atomic E-state index is 5.80. The zero-order valence-corrected chi connectivity index (χ0v) is 9.92. The molecule has 0 fully saturated rings. The molecule has 84 valence electrons. The number of rotatable bonds is 4. The van der Waals surface area contributed by atoms with E-state index in [1.807, 2.05) is 18.5 Å². The standard InChI is InChI=1S/C11H14N4S/c1-8-5-14-11(4-10(8)12)13-3-2-9-6-16-7-15-9/h4-7H,2-3H2,1H3,(H3,12,13,14). The number of nitrogens with zero attached hydrogens (tertiary/aromatic N) is 2. The molecule has 0 saturated carbocycles. The topological polar surface area (TPSA) is 63.8 Å². The summed E-state index contributed by atoms with van der Waals surface area (Å²) in [5.41, 5.74) is 10.5. The van der Waals surface area contributed by atoms with E-state index < -0.39 is 0 Å². The van der Waals surface area contributed by atoms with Crippen molar-refractivity contribution < 1.29 is 0 Å². The van der Waals surface area contributed by atoms with E-state index >= 15 is 0 Å². The first-order valence-corrected chi connectivity index (χ1v) is 6.03. The third-order valence-electron chi connectivity index (χ3n) is 2.32. The monoisotopic (exact) mass is 234 g/mol. The lowest BCUT2D eigenvalue weighted by molar-refractivity contribution is 0.968. The van der Waals surface area contributed by atoms with Gasteiger partial charge in [0.15, 0.2) is 0 Å². The van der Waals surface area contributed by atoms with Gasteiger partial charge in [-0.1, -0.05) is 0 Å². The van der Waals surface area contributed by atoms with Crippen molar-refractivity contribution in [1.29, 1.82) is 0 Å². The van der Waals surface area contributed by atoms with E-state index in [1.54, 1.807) is 17.5 Å². The van der Waals surface area contributed by atoms with Gasteiger partial charge >= 0.3 is 0 Å². The Kier molecular flexibility index (Phi) is 3.36. The van der Waals surface area contributed by atoms with Gasteiger partial charge in [0.05, 0.1) is 11.2 Å². The molecule has 0 spiro atoms. The number of nitrogen functional groups attached to an aromatic ring is 1. The van der Waals surface area contributed by atoms with Crippen LogP contribution in [0.5, 0.6) is 0 Å². The summed E-state index contributed by atoms with van der Waals surface area (Å²) < 4.78 is 0. The number of thiazole rings is 1. The number of pyridine rings is 1. The first-order valence-electron chi connectivity index (χ1n) is 5.09. The summed E-state index contributed by atoms with van der Waals surface area (Å²) in [5, 5.41) is 5.28. The van der Waals surface area contributed by atoms with Crippen LogP contribution in [0.15, 0.2) is 23.2 Å². The summed E-state index contributed by atoms with van der Waals surface area (Å²) in [6.07, 6.45) is 2.68. The van der Waals surface area contributed by atoms with Crippen molar-refractivity contribution in [2.45, 2.75) is 13.3 Å². The number of hydrogen-bond acceptors (Lipinski definition) is 5. The highest BCUT2D eigenvalue weighted by molar-refractivity contribution is 7.07. The second-order valence-corrected chi connectivity index (χ2v) is 4.30. The van der Waals surface area contributed by atoms with Crippen molar-refractivity contribution in [2.75, 3.05) is 17.6 Å². The molecule has 0 aliphatic rings. The molecule has 2 aromatic rings. The van der Waals surface area contributed by atoms with Crippen LogP contribution in [0.2, 0.25) is 0 Å².